The predicted octanol–water partition coefficient (Wildman–Crippen LogP) is 4.50. The first-order chi connectivity index (χ1) is 8.56. The van der Waals surface area contributed by atoms with E-state index in [1.54, 1.807) is 0 Å². The highest BCUT2D eigenvalue weighted by atomic mass is 32.2. The topological polar surface area (TPSA) is 12.0 Å². The lowest BCUT2D eigenvalue weighted by molar-refractivity contribution is 0.542. The average Bonchev–Trinajstić information content (AvgIpc) is 2.36. The quantitative estimate of drug-likeness (QED) is 0.779. The smallest absolute Gasteiger partial charge is 0.0437 e. The molecule has 0 radical (unpaired) electrons. The van der Waals surface area contributed by atoms with Crippen molar-refractivity contribution in [2.75, 3.05) is 6.54 Å². The summed E-state index contributed by atoms with van der Waals surface area (Å²) >= 11 is 2.09. The molecule has 3 atom stereocenters. The van der Waals surface area contributed by atoms with E-state index >= 15 is 0 Å². The van der Waals surface area contributed by atoms with Crippen molar-refractivity contribution in [3.8, 4) is 0 Å². The van der Waals surface area contributed by atoms with Crippen LogP contribution in [0.1, 0.15) is 46.2 Å². The molecule has 0 amide bonds. The zero-order valence-corrected chi connectivity index (χ0v) is 13.1. The fourth-order valence-corrected chi connectivity index (χ4v) is 3.41. The van der Waals surface area contributed by atoms with Crippen LogP contribution in [0.15, 0.2) is 30.3 Å². The Balaban J connectivity index is 2.73. The van der Waals surface area contributed by atoms with Gasteiger partial charge in [-0.15, -0.1) is 0 Å². The summed E-state index contributed by atoms with van der Waals surface area (Å²) in [7, 11) is 0. The number of hydrogen-bond acceptors (Lipinski definition) is 2. The summed E-state index contributed by atoms with van der Waals surface area (Å²) in [4.78, 5) is 0. The summed E-state index contributed by atoms with van der Waals surface area (Å²) in [6.07, 6.45) is 0. The number of nitrogens with one attached hydrogen (secondary N) is 1. The number of rotatable bonds is 7. The molecule has 1 rings (SSSR count). The van der Waals surface area contributed by atoms with Gasteiger partial charge in [0.25, 0.3) is 0 Å². The van der Waals surface area contributed by atoms with Crippen LogP contribution in [0.3, 0.4) is 0 Å². The van der Waals surface area contributed by atoms with Crippen LogP contribution in [0.4, 0.5) is 0 Å². The predicted molar refractivity (Wildman–Crippen MR) is 84.2 cm³/mol. The molecule has 1 nitrogen and oxygen atoms in total. The van der Waals surface area contributed by atoms with E-state index in [-0.39, 0.29) is 0 Å². The Labute approximate surface area is 117 Å². The zero-order chi connectivity index (χ0) is 13.5. The van der Waals surface area contributed by atoms with Gasteiger partial charge in [-0.3, -0.25) is 0 Å². The summed E-state index contributed by atoms with van der Waals surface area (Å²) in [5.74, 6) is 0.732. The molecular weight excluding hydrogens is 238 g/mol. The lowest BCUT2D eigenvalue weighted by Crippen LogP contribution is -2.30. The van der Waals surface area contributed by atoms with E-state index in [1.165, 1.54) is 5.56 Å². The van der Waals surface area contributed by atoms with Crippen LogP contribution in [0.5, 0.6) is 0 Å². The summed E-state index contributed by atoms with van der Waals surface area (Å²) in [6.45, 7) is 12.5. The zero-order valence-electron chi connectivity index (χ0n) is 12.3. The minimum atomic E-state index is 0.447. The van der Waals surface area contributed by atoms with E-state index in [0.29, 0.717) is 16.5 Å². The monoisotopic (exact) mass is 265 g/mol. The third-order valence-corrected chi connectivity index (χ3v) is 5.10. The third kappa shape index (κ3) is 4.66. The van der Waals surface area contributed by atoms with E-state index < -0.39 is 0 Å². The van der Waals surface area contributed by atoms with Crippen molar-refractivity contribution in [3.63, 3.8) is 0 Å². The van der Waals surface area contributed by atoms with E-state index in [4.69, 9.17) is 0 Å². The lowest BCUT2D eigenvalue weighted by atomic mass is 10.0. The second-order valence-corrected chi connectivity index (χ2v) is 7.00. The third-order valence-electron chi connectivity index (χ3n) is 3.42. The minimum absolute atomic E-state index is 0.447. The molecule has 0 fully saturated rings. The standard InChI is InChI=1S/C16H27NS/c1-6-17-16(15-10-8-7-9-11-15)14(5)18-13(4)12(2)3/h7-14,16-17H,6H2,1-5H3. The molecule has 0 heterocycles. The van der Waals surface area contributed by atoms with Gasteiger partial charge >= 0.3 is 0 Å². The van der Waals surface area contributed by atoms with E-state index in [9.17, 15) is 0 Å². The Morgan fingerprint density at radius 2 is 1.61 bits per heavy atom. The molecule has 3 unspecified atom stereocenters. The molecule has 102 valence electrons. The van der Waals surface area contributed by atoms with Gasteiger partial charge < -0.3 is 5.32 Å². The summed E-state index contributed by atoms with van der Waals surface area (Å²) < 4.78 is 0. The van der Waals surface area contributed by atoms with Gasteiger partial charge in [0.15, 0.2) is 0 Å². The van der Waals surface area contributed by atoms with Gasteiger partial charge in [-0.25, -0.2) is 0 Å². The van der Waals surface area contributed by atoms with Crippen molar-refractivity contribution >= 4 is 11.8 Å². The second-order valence-electron chi connectivity index (χ2n) is 5.24. The first-order valence-corrected chi connectivity index (χ1v) is 7.94. The van der Waals surface area contributed by atoms with E-state index in [0.717, 1.165) is 12.5 Å². The lowest BCUT2D eigenvalue weighted by Gasteiger charge is -2.28. The molecule has 1 aromatic rings. The molecule has 0 aliphatic rings. The van der Waals surface area contributed by atoms with Crippen molar-refractivity contribution in [2.45, 2.75) is 51.2 Å². The second kappa shape index (κ2) is 7.85. The SMILES string of the molecule is CCNC(c1ccccc1)C(C)SC(C)C(C)C. The average molecular weight is 265 g/mol. The fraction of sp³-hybridized carbons (Fsp3) is 0.625. The van der Waals surface area contributed by atoms with Gasteiger partial charge in [-0.2, -0.15) is 11.8 Å². The maximum absolute atomic E-state index is 3.62. The molecule has 0 saturated heterocycles. The summed E-state index contributed by atoms with van der Waals surface area (Å²) in [5.41, 5.74) is 1.40. The molecule has 18 heavy (non-hydrogen) atoms. The van der Waals surface area contributed by atoms with Gasteiger partial charge in [-0.1, -0.05) is 65.0 Å². The Morgan fingerprint density at radius 1 is 1.00 bits per heavy atom. The van der Waals surface area contributed by atoms with E-state index in [2.05, 4.69) is 82.0 Å². The maximum atomic E-state index is 3.62. The number of thioether (sulfide) groups is 1. The first kappa shape index (κ1) is 15.6. The number of benzene rings is 1. The summed E-state index contributed by atoms with van der Waals surface area (Å²) in [6, 6.07) is 11.2. The molecule has 0 spiro atoms. The van der Waals surface area contributed by atoms with Crippen molar-refractivity contribution in [3.05, 3.63) is 35.9 Å². The van der Waals surface area contributed by atoms with Crippen molar-refractivity contribution in [2.24, 2.45) is 5.92 Å². The Kier molecular flexibility index (Phi) is 6.80. The van der Waals surface area contributed by atoms with Crippen molar-refractivity contribution < 1.29 is 0 Å². The Morgan fingerprint density at radius 3 is 2.11 bits per heavy atom. The molecule has 1 N–H and O–H groups in total. The maximum Gasteiger partial charge on any atom is 0.0437 e. The normalized spacial score (nSPS) is 16.6. The molecule has 2 heteroatoms. The van der Waals surface area contributed by atoms with Gasteiger partial charge in [0.2, 0.25) is 0 Å². The Bertz CT molecular complexity index is 323. The summed E-state index contributed by atoms with van der Waals surface area (Å²) in [5, 5.41) is 4.91. The minimum Gasteiger partial charge on any atom is -0.309 e. The molecule has 0 aliphatic heterocycles. The molecule has 0 aliphatic carbocycles. The molecule has 0 saturated carbocycles. The van der Waals surface area contributed by atoms with Crippen LogP contribution >= 0.6 is 11.8 Å². The van der Waals surface area contributed by atoms with E-state index in [1.807, 2.05) is 0 Å². The van der Waals surface area contributed by atoms with Gasteiger partial charge in [-0.05, 0) is 18.0 Å². The highest BCUT2D eigenvalue weighted by Gasteiger charge is 2.21. The molecule has 0 aromatic heterocycles. The van der Waals surface area contributed by atoms with Crippen LogP contribution in [-0.2, 0) is 0 Å². The Hall–Kier alpha value is -0.470. The van der Waals surface area contributed by atoms with Crippen LogP contribution < -0.4 is 5.32 Å². The molecule has 1 aromatic carbocycles. The largest absolute Gasteiger partial charge is 0.309 e. The first-order valence-electron chi connectivity index (χ1n) is 7.00. The van der Waals surface area contributed by atoms with Crippen molar-refractivity contribution in [1.29, 1.82) is 0 Å². The number of hydrogen-bond donors (Lipinski definition) is 1. The van der Waals surface area contributed by atoms with Gasteiger partial charge in [0.05, 0.1) is 0 Å². The molecule has 0 bridgehead atoms. The fourth-order valence-electron chi connectivity index (χ4n) is 2.01. The van der Waals surface area contributed by atoms with Gasteiger partial charge in [0.1, 0.15) is 0 Å². The highest BCUT2D eigenvalue weighted by molar-refractivity contribution is 8.00. The van der Waals surface area contributed by atoms with Crippen LogP contribution in [0.2, 0.25) is 0 Å². The van der Waals surface area contributed by atoms with Crippen LogP contribution in [0, 0.1) is 5.92 Å². The van der Waals surface area contributed by atoms with Gasteiger partial charge in [0, 0.05) is 16.5 Å². The van der Waals surface area contributed by atoms with Crippen LogP contribution in [0.25, 0.3) is 0 Å². The van der Waals surface area contributed by atoms with Crippen LogP contribution in [-0.4, -0.2) is 17.0 Å². The highest BCUT2D eigenvalue weighted by Crippen LogP contribution is 2.31. The molecular formula is C16H27NS. The van der Waals surface area contributed by atoms with Crippen molar-refractivity contribution in [1.82, 2.24) is 5.32 Å².